The third-order valence-electron chi connectivity index (χ3n) is 2.51. The Morgan fingerprint density at radius 3 is 2.21 bits per heavy atom. The molecule has 0 unspecified atom stereocenters. The lowest BCUT2D eigenvalue weighted by Gasteiger charge is -2.15. The van der Waals surface area contributed by atoms with Crippen LogP contribution in [0.15, 0.2) is 18.7 Å². The number of benzene rings is 1. The fourth-order valence-electron chi connectivity index (χ4n) is 1.73. The van der Waals surface area contributed by atoms with Crippen molar-refractivity contribution >= 4 is 11.6 Å². The summed E-state index contributed by atoms with van der Waals surface area (Å²) < 4.78 is 10.4. The van der Waals surface area contributed by atoms with Gasteiger partial charge in [0.2, 0.25) is 0 Å². The maximum absolute atomic E-state index is 11.6. The van der Waals surface area contributed by atoms with Crippen molar-refractivity contribution < 1.29 is 24.2 Å². The number of methoxy groups -OCH3 is 1. The molecule has 0 aromatic heterocycles. The Kier molecular flexibility index (Phi) is 4.69. The third-order valence-corrected chi connectivity index (χ3v) is 2.51. The fraction of sp³-hybridized carbons (Fsp3) is 0.286. The normalized spacial score (nSPS) is 9.84. The Morgan fingerprint density at radius 1 is 1.26 bits per heavy atom. The maximum atomic E-state index is 11.6. The monoisotopic (exact) mass is 264 g/mol. The molecule has 0 fully saturated rings. The second-order valence-corrected chi connectivity index (χ2v) is 3.89. The Balaban J connectivity index is 3.56. The van der Waals surface area contributed by atoms with Crippen LogP contribution in [0.25, 0.3) is 0 Å². The minimum atomic E-state index is -0.418. The molecule has 0 saturated heterocycles. The van der Waals surface area contributed by atoms with E-state index in [-0.39, 0.29) is 29.2 Å². The molecule has 0 heterocycles. The van der Waals surface area contributed by atoms with Crippen LogP contribution in [-0.4, -0.2) is 30.4 Å². The molecule has 0 atom stereocenters. The van der Waals surface area contributed by atoms with E-state index in [1.165, 1.54) is 33.1 Å². The van der Waals surface area contributed by atoms with Gasteiger partial charge in [0, 0.05) is 6.07 Å². The predicted molar refractivity (Wildman–Crippen MR) is 70.4 cm³/mol. The van der Waals surface area contributed by atoms with E-state index in [2.05, 4.69) is 6.58 Å². The zero-order valence-corrected chi connectivity index (χ0v) is 11.1. The smallest absolute Gasteiger partial charge is 0.167 e. The summed E-state index contributed by atoms with van der Waals surface area (Å²) in [6.45, 7) is 6.24. The standard InChI is InChI=1S/C14H16O5/c1-5-6-19-11-7-10(18-4)12(8(2)15)14(17)13(11)9(3)16/h5,7,17H,1,6H2,2-4H3. The highest BCUT2D eigenvalue weighted by atomic mass is 16.5. The molecule has 1 aromatic carbocycles. The van der Waals surface area contributed by atoms with Gasteiger partial charge in [-0.2, -0.15) is 0 Å². The first-order valence-corrected chi connectivity index (χ1v) is 5.63. The number of ketones is 2. The van der Waals surface area contributed by atoms with E-state index in [1.54, 1.807) is 0 Å². The summed E-state index contributed by atoms with van der Waals surface area (Å²) in [5.41, 5.74) is -0.0634. The van der Waals surface area contributed by atoms with E-state index in [9.17, 15) is 14.7 Å². The van der Waals surface area contributed by atoms with Crippen LogP contribution in [-0.2, 0) is 0 Å². The molecule has 0 spiro atoms. The predicted octanol–water partition coefficient (Wildman–Crippen LogP) is 2.37. The molecule has 102 valence electrons. The van der Waals surface area contributed by atoms with Crippen LogP contribution in [0.4, 0.5) is 0 Å². The largest absolute Gasteiger partial charge is 0.506 e. The number of hydrogen-bond donors (Lipinski definition) is 1. The molecule has 0 bridgehead atoms. The summed E-state index contributed by atoms with van der Waals surface area (Å²) in [6.07, 6.45) is 1.51. The summed E-state index contributed by atoms with van der Waals surface area (Å²) in [7, 11) is 1.37. The number of ether oxygens (including phenoxy) is 2. The van der Waals surface area contributed by atoms with Crippen LogP contribution >= 0.6 is 0 Å². The number of rotatable bonds is 6. The SMILES string of the molecule is C=CCOc1cc(OC)c(C(C)=O)c(O)c1C(C)=O. The summed E-state index contributed by atoms with van der Waals surface area (Å²) in [6, 6.07) is 1.41. The van der Waals surface area contributed by atoms with Crippen molar-refractivity contribution in [2.24, 2.45) is 0 Å². The second kappa shape index (κ2) is 6.04. The lowest BCUT2D eigenvalue weighted by Crippen LogP contribution is -2.07. The van der Waals surface area contributed by atoms with E-state index in [0.717, 1.165) is 0 Å². The van der Waals surface area contributed by atoms with Gasteiger partial charge in [-0.15, -0.1) is 0 Å². The van der Waals surface area contributed by atoms with E-state index in [0.29, 0.717) is 0 Å². The van der Waals surface area contributed by atoms with Crippen LogP contribution in [0, 0.1) is 0 Å². The van der Waals surface area contributed by atoms with Gasteiger partial charge in [0.25, 0.3) is 0 Å². The molecule has 19 heavy (non-hydrogen) atoms. The summed E-state index contributed by atoms with van der Waals surface area (Å²) in [5, 5.41) is 10.1. The van der Waals surface area contributed by atoms with E-state index >= 15 is 0 Å². The highest BCUT2D eigenvalue weighted by Gasteiger charge is 2.24. The van der Waals surface area contributed by atoms with Crippen molar-refractivity contribution in [3.8, 4) is 17.2 Å². The number of carbonyl (C=O) groups is 2. The highest BCUT2D eigenvalue weighted by molar-refractivity contribution is 6.07. The van der Waals surface area contributed by atoms with Gasteiger partial charge in [0.1, 0.15) is 35.0 Å². The number of carbonyl (C=O) groups excluding carboxylic acids is 2. The second-order valence-electron chi connectivity index (χ2n) is 3.89. The van der Waals surface area contributed by atoms with Crippen LogP contribution in [0.3, 0.4) is 0 Å². The molecule has 0 aliphatic heterocycles. The van der Waals surface area contributed by atoms with Crippen molar-refractivity contribution in [2.45, 2.75) is 13.8 Å². The summed E-state index contributed by atoms with van der Waals surface area (Å²) in [5.74, 6) is -0.895. The van der Waals surface area contributed by atoms with Gasteiger partial charge >= 0.3 is 0 Å². The van der Waals surface area contributed by atoms with Crippen LogP contribution in [0.2, 0.25) is 0 Å². The first-order chi connectivity index (χ1) is 8.93. The third kappa shape index (κ3) is 2.93. The zero-order valence-electron chi connectivity index (χ0n) is 11.1. The van der Waals surface area contributed by atoms with E-state index in [4.69, 9.17) is 9.47 Å². The molecule has 0 aliphatic carbocycles. The fourth-order valence-corrected chi connectivity index (χ4v) is 1.73. The van der Waals surface area contributed by atoms with Crippen LogP contribution < -0.4 is 9.47 Å². The molecule has 0 amide bonds. The van der Waals surface area contributed by atoms with Gasteiger partial charge in [-0.05, 0) is 13.8 Å². The Morgan fingerprint density at radius 2 is 1.79 bits per heavy atom. The first kappa shape index (κ1) is 14.8. The number of phenols is 1. The quantitative estimate of drug-likeness (QED) is 0.630. The number of hydrogen-bond acceptors (Lipinski definition) is 5. The van der Waals surface area contributed by atoms with Crippen molar-refractivity contribution in [2.75, 3.05) is 13.7 Å². The van der Waals surface area contributed by atoms with Crippen molar-refractivity contribution in [1.29, 1.82) is 0 Å². The van der Waals surface area contributed by atoms with Crippen molar-refractivity contribution in [3.05, 3.63) is 29.8 Å². The van der Waals surface area contributed by atoms with Gasteiger partial charge < -0.3 is 14.6 Å². The lowest BCUT2D eigenvalue weighted by atomic mass is 10.0. The molecule has 1 aromatic rings. The van der Waals surface area contributed by atoms with Crippen LogP contribution in [0.5, 0.6) is 17.2 Å². The van der Waals surface area contributed by atoms with E-state index in [1.807, 2.05) is 0 Å². The molecule has 0 saturated carbocycles. The molecule has 0 aliphatic rings. The average molecular weight is 264 g/mol. The number of Topliss-reactive ketones (excluding diaryl/α,β-unsaturated/α-hetero) is 2. The maximum Gasteiger partial charge on any atom is 0.167 e. The highest BCUT2D eigenvalue weighted by Crippen LogP contribution is 2.39. The lowest BCUT2D eigenvalue weighted by molar-refractivity contribution is 0.100. The van der Waals surface area contributed by atoms with Gasteiger partial charge in [-0.25, -0.2) is 0 Å². The zero-order chi connectivity index (χ0) is 14.6. The molecule has 1 rings (SSSR count). The molecular formula is C14H16O5. The Labute approximate surface area is 111 Å². The molecule has 5 nitrogen and oxygen atoms in total. The minimum Gasteiger partial charge on any atom is -0.506 e. The van der Waals surface area contributed by atoms with Crippen LogP contribution in [0.1, 0.15) is 34.6 Å². The molecule has 5 heteroatoms. The topological polar surface area (TPSA) is 72.8 Å². The van der Waals surface area contributed by atoms with Gasteiger partial charge in [-0.3, -0.25) is 9.59 Å². The van der Waals surface area contributed by atoms with Gasteiger partial charge in [0.15, 0.2) is 11.6 Å². The average Bonchev–Trinajstić information content (AvgIpc) is 2.34. The Hall–Kier alpha value is -2.30. The van der Waals surface area contributed by atoms with E-state index < -0.39 is 17.3 Å². The molecule has 1 N–H and O–H groups in total. The summed E-state index contributed by atoms with van der Waals surface area (Å²) >= 11 is 0. The minimum absolute atomic E-state index is 0.0290. The summed E-state index contributed by atoms with van der Waals surface area (Å²) in [4.78, 5) is 23.1. The Bertz CT molecular complexity index is 531. The van der Waals surface area contributed by atoms with Crippen molar-refractivity contribution in [1.82, 2.24) is 0 Å². The molecule has 0 radical (unpaired) electrons. The first-order valence-electron chi connectivity index (χ1n) is 5.63. The number of phenolic OH excluding ortho intramolecular Hbond substituents is 1. The van der Waals surface area contributed by atoms with Gasteiger partial charge in [-0.1, -0.05) is 12.7 Å². The molecular weight excluding hydrogens is 248 g/mol. The van der Waals surface area contributed by atoms with Gasteiger partial charge in [0.05, 0.1) is 7.11 Å². The van der Waals surface area contributed by atoms with Crippen molar-refractivity contribution in [3.63, 3.8) is 0 Å². The number of aromatic hydroxyl groups is 1.